The van der Waals surface area contributed by atoms with Crippen LogP contribution < -0.4 is 0 Å². The molecule has 0 aliphatic carbocycles. The Morgan fingerprint density at radius 2 is 0.820 bits per heavy atom. The summed E-state index contributed by atoms with van der Waals surface area (Å²) >= 11 is 0. The van der Waals surface area contributed by atoms with Crippen molar-refractivity contribution in [3.05, 3.63) is 235 Å². The molecule has 0 N–H and O–H groups in total. The van der Waals surface area contributed by atoms with E-state index < -0.39 is 0 Å². The van der Waals surface area contributed by atoms with Gasteiger partial charge in [-0.2, -0.15) is 0 Å². The molecule has 11 aromatic carbocycles. The Balaban J connectivity index is 0.975. The molecule has 13 aromatic rings. The molecule has 0 saturated carbocycles. The van der Waals surface area contributed by atoms with Crippen LogP contribution in [-0.4, -0.2) is 4.57 Å². The average Bonchev–Trinajstić information content (AvgIpc) is 3.87. The molecule has 284 valence electrons. The number of fused-ring (bicyclic) bond motifs is 13. The molecule has 2 aromatic heterocycles. The standard InChI is InChI=1S/C59H37NO/c1-2-14-43-38(12-1)13-11-22-54(43)60-55-21-9-7-19-49(55)52-34-40(29-32-56(52)60)37-24-26-39(27-25-37)59(42-30-33-58-53(36-42)50-20-8-10-23-57(50)61-58)41-28-31-48-46-17-4-3-15-44(46)45-16-5-6-18-47(45)51(48)35-41/h1-36,59H. The van der Waals surface area contributed by atoms with E-state index in [1.807, 2.05) is 6.07 Å². The predicted molar refractivity (Wildman–Crippen MR) is 257 cm³/mol. The van der Waals surface area contributed by atoms with Crippen LogP contribution in [0, 0.1) is 0 Å². The van der Waals surface area contributed by atoms with Crippen molar-refractivity contribution in [3.63, 3.8) is 0 Å². The van der Waals surface area contributed by atoms with Crippen LogP contribution in [0.4, 0.5) is 0 Å². The zero-order chi connectivity index (χ0) is 40.0. The summed E-state index contributed by atoms with van der Waals surface area (Å²) in [6.07, 6.45) is 0. The number of hydrogen-bond donors (Lipinski definition) is 0. The van der Waals surface area contributed by atoms with E-state index in [1.54, 1.807) is 0 Å². The Labute approximate surface area is 352 Å². The number of hydrogen-bond acceptors (Lipinski definition) is 1. The molecule has 2 nitrogen and oxygen atoms in total. The van der Waals surface area contributed by atoms with Crippen LogP contribution in [0.2, 0.25) is 0 Å². The van der Waals surface area contributed by atoms with E-state index in [0.29, 0.717) is 0 Å². The number of aromatic nitrogens is 1. The summed E-state index contributed by atoms with van der Waals surface area (Å²) in [5, 5.41) is 15.0. The van der Waals surface area contributed by atoms with Gasteiger partial charge in [0.05, 0.1) is 16.7 Å². The van der Waals surface area contributed by atoms with E-state index >= 15 is 0 Å². The second-order valence-corrected chi connectivity index (χ2v) is 16.4. The monoisotopic (exact) mass is 775 g/mol. The maximum absolute atomic E-state index is 6.31. The van der Waals surface area contributed by atoms with Crippen LogP contribution in [0.1, 0.15) is 22.6 Å². The fourth-order valence-corrected chi connectivity index (χ4v) is 10.3. The van der Waals surface area contributed by atoms with Gasteiger partial charge in [-0.05, 0) is 114 Å². The minimum absolute atomic E-state index is 0.0112. The molecule has 0 radical (unpaired) electrons. The van der Waals surface area contributed by atoms with Crippen molar-refractivity contribution in [1.82, 2.24) is 4.57 Å². The van der Waals surface area contributed by atoms with Crippen molar-refractivity contribution in [3.8, 4) is 16.8 Å². The fourth-order valence-electron chi connectivity index (χ4n) is 10.3. The Morgan fingerprint density at radius 3 is 1.59 bits per heavy atom. The molecule has 0 amide bonds. The van der Waals surface area contributed by atoms with Gasteiger partial charge in [0.15, 0.2) is 0 Å². The number of para-hydroxylation sites is 2. The normalized spacial score (nSPS) is 12.5. The lowest BCUT2D eigenvalue weighted by atomic mass is 9.82. The van der Waals surface area contributed by atoms with Gasteiger partial charge < -0.3 is 8.98 Å². The van der Waals surface area contributed by atoms with Crippen molar-refractivity contribution in [2.24, 2.45) is 0 Å². The molecule has 13 rings (SSSR count). The number of furan rings is 1. The maximum Gasteiger partial charge on any atom is 0.135 e. The van der Waals surface area contributed by atoms with Crippen molar-refractivity contribution < 1.29 is 4.42 Å². The van der Waals surface area contributed by atoms with Crippen molar-refractivity contribution >= 4 is 86.8 Å². The third-order valence-corrected chi connectivity index (χ3v) is 13.1. The molecule has 2 heterocycles. The SMILES string of the molecule is c1ccc2c(-n3c4ccccc4c4cc(-c5ccc(C(c6ccc7oc8ccccc8c7c6)c6ccc7c8ccccc8c8ccccc8c7c6)cc5)ccc43)cccc2c1. The molecule has 1 atom stereocenters. The second-order valence-electron chi connectivity index (χ2n) is 16.4. The molecular formula is C59H37NO. The maximum atomic E-state index is 6.31. The third kappa shape index (κ3) is 5.22. The lowest BCUT2D eigenvalue weighted by Gasteiger charge is -2.21. The summed E-state index contributed by atoms with van der Waals surface area (Å²) in [6, 6.07) is 80.2. The molecule has 0 aliphatic heterocycles. The second kappa shape index (κ2) is 13.3. The smallest absolute Gasteiger partial charge is 0.135 e. The van der Waals surface area contributed by atoms with Gasteiger partial charge in [-0.3, -0.25) is 0 Å². The third-order valence-electron chi connectivity index (χ3n) is 13.1. The Morgan fingerprint density at radius 1 is 0.295 bits per heavy atom. The fraction of sp³-hybridized carbons (Fsp3) is 0.0169. The van der Waals surface area contributed by atoms with Crippen LogP contribution in [0.25, 0.3) is 104 Å². The van der Waals surface area contributed by atoms with E-state index in [4.69, 9.17) is 4.42 Å². The van der Waals surface area contributed by atoms with Crippen molar-refractivity contribution in [1.29, 1.82) is 0 Å². The molecule has 0 fully saturated rings. The van der Waals surface area contributed by atoms with E-state index in [-0.39, 0.29) is 5.92 Å². The molecule has 1 unspecified atom stereocenters. The highest BCUT2D eigenvalue weighted by atomic mass is 16.3. The minimum Gasteiger partial charge on any atom is -0.456 e. The zero-order valence-corrected chi connectivity index (χ0v) is 33.2. The summed E-state index contributed by atoms with van der Waals surface area (Å²) in [5.41, 5.74) is 11.6. The summed E-state index contributed by atoms with van der Waals surface area (Å²) in [6.45, 7) is 0. The highest BCUT2D eigenvalue weighted by molar-refractivity contribution is 6.25. The predicted octanol–water partition coefficient (Wildman–Crippen LogP) is 16.1. The quantitative estimate of drug-likeness (QED) is 0.126. The number of nitrogens with zero attached hydrogens (tertiary/aromatic N) is 1. The van der Waals surface area contributed by atoms with Gasteiger partial charge >= 0.3 is 0 Å². The molecule has 2 heteroatoms. The van der Waals surface area contributed by atoms with Crippen LogP contribution in [0.5, 0.6) is 0 Å². The van der Waals surface area contributed by atoms with Crippen molar-refractivity contribution in [2.45, 2.75) is 5.92 Å². The van der Waals surface area contributed by atoms with Crippen LogP contribution in [0.3, 0.4) is 0 Å². The largest absolute Gasteiger partial charge is 0.456 e. The average molecular weight is 776 g/mol. The molecule has 0 saturated heterocycles. The molecular weight excluding hydrogens is 739 g/mol. The van der Waals surface area contributed by atoms with Gasteiger partial charge in [0.25, 0.3) is 0 Å². The van der Waals surface area contributed by atoms with E-state index in [1.165, 1.54) is 98.4 Å². The van der Waals surface area contributed by atoms with Gasteiger partial charge in [-0.15, -0.1) is 0 Å². The zero-order valence-electron chi connectivity index (χ0n) is 33.2. The van der Waals surface area contributed by atoms with Gasteiger partial charge in [-0.25, -0.2) is 0 Å². The molecule has 0 bridgehead atoms. The highest BCUT2D eigenvalue weighted by Crippen LogP contribution is 2.42. The molecule has 0 spiro atoms. The van der Waals surface area contributed by atoms with Crippen LogP contribution in [-0.2, 0) is 0 Å². The number of rotatable bonds is 5. The van der Waals surface area contributed by atoms with Crippen LogP contribution in [0.15, 0.2) is 223 Å². The van der Waals surface area contributed by atoms with E-state index in [0.717, 1.165) is 21.9 Å². The Bertz CT molecular complexity index is 3840. The highest BCUT2D eigenvalue weighted by Gasteiger charge is 2.21. The van der Waals surface area contributed by atoms with Gasteiger partial charge in [0.2, 0.25) is 0 Å². The van der Waals surface area contributed by atoms with Crippen molar-refractivity contribution in [2.75, 3.05) is 0 Å². The lowest BCUT2D eigenvalue weighted by molar-refractivity contribution is 0.668. The van der Waals surface area contributed by atoms with Gasteiger partial charge in [-0.1, -0.05) is 170 Å². The first-order valence-electron chi connectivity index (χ1n) is 21.1. The summed E-state index contributed by atoms with van der Waals surface area (Å²) in [4.78, 5) is 0. The van der Waals surface area contributed by atoms with E-state index in [9.17, 15) is 0 Å². The molecule has 61 heavy (non-hydrogen) atoms. The summed E-state index contributed by atoms with van der Waals surface area (Å²) in [5.74, 6) is -0.0112. The van der Waals surface area contributed by atoms with Gasteiger partial charge in [0.1, 0.15) is 11.2 Å². The Hall–Kier alpha value is -7.94. The van der Waals surface area contributed by atoms with E-state index in [2.05, 4.69) is 217 Å². The Kier molecular flexibility index (Phi) is 7.40. The topological polar surface area (TPSA) is 18.1 Å². The molecule has 0 aliphatic rings. The number of benzene rings is 11. The summed E-state index contributed by atoms with van der Waals surface area (Å²) < 4.78 is 8.74. The lowest BCUT2D eigenvalue weighted by Crippen LogP contribution is -2.04. The summed E-state index contributed by atoms with van der Waals surface area (Å²) in [7, 11) is 0. The van der Waals surface area contributed by atoms with Gasteiger partial charge in [0, 0.05) is 32.8 Å². The first kappa shape index (κ1) is 34.0. The first-order valence-corrected chi connectivity index (χ1v) is 21.1. The minimum atomic E-state index is -0.0112. The van der Waals surface area contributed by atoms with Crippen LogP contribution >= 0.6 is 0 Å². The first-order chi connectivity index (χ1) is 30.2.